The van der Waals surface area contributed by atoms with Crippen LogP contribution in [0.1, 0.15) is 159 Å². The van der Waals surface area contributed by atoms with Crippen LogP contribution in [0.15, 0.2) is 0 Å². The van der Waals surface area contributed by atoms with Crippen LogP contribution >= 0.6 is 0 Å². The topological polar surface area (TPSA) is 120 Å². The first-order valence-corrected chi connectivity index (χ1v) is 13.8. The zero-order valence-electron chi connectivity index (χ0n) is 25.6. The fourth-order valence-electron chi connectivity index (χ4n) is 3.30. The number of carbonyl (C=O) groups is 3. The Kier molecular flexibility index (Phi) is 28.5. The molecule has 0 aliphatic heterocycles. The molecule has 0 spiro atoms. The Labute approximate surface area is 247 Å². The second kappa shape index (κ2) is 24.3. The molecule has 0 aliphatic carbocycles. The van der Waals surface area contributed by atoms with Gasteiger partial charge in [-0.05, 0) is 74.0 Å². The van der Waals surface area contributed by atoms with Gasteiger partial charge in [-0.15, -0.1) is 0 Å². The minimum absolute atomic E-state index is 0. The Morgan fingerprint density at radius 2 is 0.595 bits per heavy atom. The molecule has 0 atom stereocenters. The summed E-state index contributed by atoms with van der Waals surface area (Å²) in [7, 11) is 0. The minimum atomic E-state index is -0.925. The monoisotopic (exact) mass is 603 g/mol. The first-order chi connectivity index (χ1) is 16.2. The summed E-state index contributed by atoms with van der Waals surface area (Å²) in [5.41, 5.74) is 1.13. The Balaban J connectivity index is -0.000000218. The first-order valence-electron chi connectivity index (χ1n) is 13.8. The van der Waals surface area contributed by atoms with Gasteiger partial charge >= 0.3 is 26.2 Å². The maximum atomic E-state index is 10.0. The molecule has 0 heterocycles. The average molecular weight is 605 g/mol. The fraction of sp³-hybridized carbons (Fsp3) is 0.900. The summed E-state index contributed by atoms with van der Waals surface area (Å²) in [6.45, 7) is 19.8. The van der Waals surface area contributed by atoms with Crippen LogP contribution in [0.25, 0.3) is 0 Å². The molecule has 7 heteroatoms. The number of carboxylic acid groups (broad SMARTS) is 3. The molecule has 6 nitrogen and oxygen atoms in total. The molecule has 1 radical (unpaired) electrons. The molecule has 0 aromatic heterocycles. The predicted molar refractivity (Wildman–Crippen MR) is 143 cm³/mol. The Morgan fingerprint density at radius 1 is 0.405 bits per heavy atom. The maximum absolute atomic E-state index is 10.0. The summed E-state index contributed by atoms with van der Waals surface area (Å²) in [6, 6.07) is 0. The number of unbranched alkanes of at least 4 members (excludes halogenated alkanes) is 6. The SMILES string of the molecule is CC(C)(C)CCCCCC(=O)[O-].CC(C)(C)CCCCCC(=O)[O-].CC(C)(C)CCCCCC(=O)[O-].[Zr+3]. The summed E-state index contributed by atoms with van der Waals surface area (Å²) in [6.07, 6.45) is 12.8. The Hall–Kier alpha value is -0.707. The second-order valence-electron chi connectivity index (χ2n) is 13.5. The van der Waals surface area contributed by atoms with E-state index in [9.17, 15) is 29.7 Å². The van der Waals surface area contributed by atoms with Gasteiger partial charge in [-0.1, -0.05) is 101 Å². The van der Waals surface area contributed by atoms with Crippen molar-refractivity contribution in [3.05, 3.63) is 0 Å². The Bertz CT molecular complexity index is 487. The molecule has 0 aromatic carbocycles. The van der Waals surface area contributed by atoms with Crippen molar-refractivity contribution in [2.24, 2.45) is 16.2 Å². The number of hydrogen-bond donors (Lipinski definition) is 0. The van der Waals surface area contributed by atoms with Gasteiger partial charge in [0.05, 0.1) is 0 Å². The molecule has 0 aliphatic rings. The van der Waals surface area contributed by atoms with Crippen molar-refractivity contribution in [2.45, 2.75) is 159 Å². The van der Waals surface area contributed by atoms with Crippen molar-refractivity contribution in [2.75, 3.05) is 0 Å². The van der Waals surface area contributed by atoms with E-state index in [0.29, 0.717) is 16.2 Å². The van der Waals surface area contributed by atoms with Gasteiger partial charge < -0.3 is 29.7 Å². The van der Waals surface area contributed by atoms with Crippen molar-refractivity contribution in [3.63, 3.8) is 0 Å². The van der Waals surface area contributed by atoms with Crippen molar-refractivity contribution in [3.8, 4) is 0 Å². The molecule has 217 valence electrons. The molecular formula is C30H57O6Zr. The van der Waals surface area contributed by atoms with Gasteiger partial charge in [0.15, 0.2) is 0 Å². The molecule has 37 heavy (non-hydrogen) atoms. The summed E-state index contributed by atoms with van der Waals surface area (Å²) >= 11 is 0. The third-order valence-corrected chi connectivity index (χ3v) is 5.42. The number of aliphatic carboxylic acids is 3. The van der Waals surface area contributed by atoms with Crippen LogP contribution in [-0.4, -0.2) is 17.9 Å². The van der Waals surface area contributed by atoms with Gasteiger partial charge in [-0.3, -0.25) is 0 Å². The van der Waals surface area contributed by atoms with E-state index in [0.717, 1.165) is 57.8 Å². The van der Waals surface area contributed by atoms with E-state index in [1.165, 1.54) is 19.3 Å². The van der Waals surface area contributed by atoms with Gasteiger partial charge in [0.25, 0.3) is 0 Å². The van der Waals surface area contributed by atoms with E-state index in [-0.39, 0.29) is 45.5 Å². The van der Waals surface area contributed by atoms with Crippen molar-refractivity contribution in [1.82, 2.24) is 0 Å². The number of hydrogen-bond acceptors (Lipinski definition) is 6. The largest absolute Gasteiger partial charge is 3.00 e. The molecular weight excluding hydrogens is 548 g/mol. The molecule has 0 aromatic rings. The average Bonchev–Trinajstić information content (AvgIpc) is 2.65. The third-order valence-electron chi connectivity index (χ3n) is 5.42. The molecule has 0 N–H and O–H groups in total. The minimum Gasteiger partial charge on any atom is -0.550 e. The zero-order valence-corrected chi connectivity index (χ0v) is 28.0. The zero-order chi connectivity index (χ0) is 28.8. The summed E-state index contributed by atoms with van der Waals surface area (Å²) < 4.78 is 0. The van der Waals surface area contributed by atoms with Crippen LogP contribution in [-0.2, 0) is 40.6 Å². The van der Waals surface area contributed by atoms with Gasteiger partial charge in [0, 0.05) is 17.9 Å². The molecule has 0 unspecified atom stereocenters. The normalized spacial score (nSPS) is 11.3. The van der Waals surface area contributed by atoms with Crippen LogP contribution in [0.2, 0.25) is 0 Å². The first kappa shape index (κ1) is 43.3. The van der Waals surface area contributed by atoms with E-state index in [1.54, 1.807) is 0 Å². The van der Waals surface area contributed by atoms with E-state index in [1.807, 2.05) is 0 Å². The second-order valence-corrected chi connectivity index (χ2v) is 13.5. The summed E-state index contributed by atoms with van der Waals surface area (Å²) in [4.78, 5) is 30.1. The van der Waals surface area contributed by atoms with Crippen LogP contribution < -0.4 is 15.3 Å². The van der Waals surface area contributed by atoms with Gasteiger partial charge in [0.1, 0.15) is 0 Å². The quantitative estimate of drug-likeness (QED) is 0.237. The van der Waals surface area contributed by atoms with Gasteiger partial charge in [0.2, 0.25) is 0 Å². The molecule has 0 saturated carbocycles. The van der Waals surface area contributed by atoms with E-state index in [4.69, 9.17) is 0 Å². The van der Waals surface area contributed by atoms with Crippen LogP contribution in [0, 0.1) is 16.2 Å². The summed E-state index contributed by atoms with van der Waals surface area (Å²) in [5, 5.41) is 30.1. The third kappa shape index (κ3) is 56.6. The van der Waals surface area contributed by atoms with Crippen molar-refractivity contribution >= 4 is 17.9 Å². The van der Waals surface area contributed by atoms with Gasteiger partial charge in [-0.2, -0.15) is 0 Å². The van der Waals surface area contributed by atoms with E-state index in [2.05, 4.69) is 62.3 Å². The number of rotatable bonds is 15. The van der Waals surface area contributed by atoms with E-state index >= 15 is 0 Å². The maximum Gasteiger partial charge on any atom is 3.00 e. The Morgan fingerprint density at radius 3 is 0.730 bits per heavy atom. The van der Waals surface area contributed by atoms with E-state index < -0.39 is 17.9 Å². The smallest absolute Gasteiger partial charge is 0.550 e. The van der Waals surface area contributed by atoms with Crippen LogP contribution in [0.3, 0.4) is 0 Å². The standard InChI is InChI=1S/3C10H20O2.Zr/c3*1-10(2,3)8-6-4-5-7-9(11)12;/h3*4-8H2,1-3H3,(H,11,12);/q;;;+3/p-3. The van der Waals surface area contributed by atoms with Crippen molar-refractivity contribution in [1.29, 1.82) is 0 Å². The van der Waals surface area contributed by atoms with Crippen LogP contribution in [0.4, 0.5) is 0 Å². The molecule has 0 bridgehead atoms. The molecule has 0 fully saturated rings. The molecule has 0 rings (SSSR count). The molecule has 0 saturated heterocycles. The number of carboxylic acids is 3. The molecule has 0 amide bonds. The number of carbonyl (C=O) groups excluding carboxylic acids is 3. The van der Waals surface area contributed by atoms with Crippen molar-refractivity contribution < 1.29 is 55.9 Å². The van der Waals surface area contributed by atoms with Crippen LogP contribution in [0.5, 0.6) is 0 Å². The van der Waals surface area contributed by atoms with Gasteiger partial charge in [-0.25, -0.2) is 0 Å². The summed E-state index contributed by atoms with van der Waals surface area (Å²) in [5.74, 6) is -2.78. The predicted octanol–water partition coefficient (Wildman–Crippen LogP) is 5.20. The fourth-order valence-corrected chi connectivity index (χ4v) is 3.30.